The Bertz CT molecular complexity index is 1260. The van der Waals surface area contributed by atoms with Crippen molar-refractivity contribution >= 4 is 11.9 Å². The lowest BCUT2D eigenvalue weighted by Crippen LogP contribution is -2.51. The van der Waals surface area contributed by atoms with Crippen molar-refractivity contribution in [1.29, 1.82) is 0 Å². The van der Waals surface area contributed by atoms with Crippen molar-refractivity contribution in [2.75, 3.05) is 20.3 Å². The second kappa shape index (κ2) is 11.7. The van der Waals surface area contributed by atoms with E-state index in [9.17, 15) is 14.7 Å². The molecule has 8 nitrogen and oxygen atoms in total. The van der Waals surface area contributed by atoms with Gasteiger partial charge in [-0.2, -0.15) is 0 Å². The molecular formula is C30H31NO7. The number of ether oxygens (including phenoxy) is 4. The number of aliphatic carboxylic acids is 1. The van der Waals surface area contributed by atoms with E-state index in [1.165, 1.54) is 4.90 Å². The maximum Gasteiger partial charge on any atom is 0.326 e. The van der Waals surface area contributed by atoms with Gasteiger partial charge in [0.05, 0.1) is 19.8 Å². The van der Waals surface area contributed by atoms with Crippen molar-refractivity contribution in [3.8, 4) is 11.5 Å². The average Bonchev–Trinajstić information content (AvgIpc) is 3.48. The van der Waals surface area contributed by atoms with Gasteiger partial charge in [-0.1, -0.05) is 66.7 Å². The van der Waals surface area contributed by atoms with Gasteiger partial charge in [0.1, 0.15) is 12.6 Å². The Morgan fingerprint density at radius 1 is 1.05 bits per heavy atom. The first-order valence-electron chi connectivity index (χ1n) is 12.7. The fraction of sp³-hybridized carbons (Fsp3) is 0.333. The molecule has 38 heavy (non-hydrogen) atoms. The molecule has 8 heteroatoms. The fourth-order valence-electron chi connectivity index (χ4n) is 4.99. The van der Waals surface area contributed by atoms with Gasteiger partial charge in [0.25, 0.3) is 5.91 Å². The summed E-state index contributed by atoms with van der Waals surface area (Å²) in [6, 6.07) is 21.5. The Morgan fingerprint density at radius 2 is 1.79 bits per heavy atom. The van der Waals surface area contributed by atoms with Crippen LogP contribution in [-0.4, -0.2) is 54.4 Å². The standard InChI is InChI=1S/C30H31NO7/c1-35-26-13-12-22-17-31(29(32)27(21-10-6-3-7-11-21)38-23-14-15-36-19-23)25(30(33)34)16-24(22)28(26)37-18-20-8-4-2-5-9-20/h2-13,23,25,27H,14-19H2,1H3,(H,33,34). The van der Waals surface area contributed by atoms with E-state index in [2.05, 4.69) is 0 Å². The number of fused-ring (bicyclic) bond motifs is 1. The minimum Gasteiger partial charge on any atom is -0.493 e. The molecule has 1 fully saturated rings. The summed E-state index contributed by atoms with van der Waals surface area (Å²) in [5, 5.41) is 10.2. The number of rotatable bonds is 9. The first-order chi connectivity index (χ1) is 18.5. The minimum absolute atomic E-state index is 0.0891. The molecule has 0 bridgehead atoms. The van der Waals surface area contributed by atoms with E-state index >= 15 is 0 Å². The Labute approximate surface area is 221 Å². The van der Waals surface area contributed by atoms with Crippen LogP contribution in [0.3, 0.4) is 0 Å². The SMILES string of the molecule is COc1ccc2c(c1OCc1ccccc1)CC(C(=O)O)N(C(=O)C(OC1CCOC1)c1ccccc1)C2. The number of benzene rings is 3. The molecule has 1 saturated heterocycles. The van der Waals surface area contributed by atoms with Crippen LogP contribution in [0.15, 0.2) is 72.8 Å². The van der Waals surface area contributed by atoms with Gasteiger partial charge in [-0.15, -0.1) is 0 Å². The van der Waals surface area contributed by atoms with E-state index in [0.29, 0.717) is 43.3 Å². The number of hydrogen-bond acceptors (Lipinski definition) is 6. The summed E-state index contributed by atoms with van der Waals surface area (Å²) < 4.78 is 23.4. The second-order valence-electron chi connectivity index (χ2n) is 9.45. The summed E-state index contributed by atoms with van der Waals surface area (Å²) in [4.78, 5) is 27.9. The smallest absolute Gasteiger partial charge is 0.326 e. The average molecular weight is 518 g/mol. The summed E-state index contributed by atoms with van der Waals surface area (Å²) in [5.41, 5.74) is 3.21. The lowest BCUT2D eigenvalue weighted by molar-refractivity contribution is -0.160. The van der Waals surface area contributed by atoms with Crippen molar-refractivity contribution in [3.63, 3.8) is 0 Å². The number of nitrogens with zero attached hydrogens (tertiary/aromatic N) is 1. The van der Waals surface area contributed by atoms with Crippen molar-refractivity contribution in [1.82, 2.24) is 4.90 Å². The molecular weight excluding hydrogens is 486 g/mol. The third kappa shape index (κ3) is 5.51. The first kappa shape index (κ1) is 25.8. The van der Waals surface area contributed by atoms with Crippen LogP contribution in [0.2, 0.25) is 0 Å². The molecule has 1 amide bonds. The highest BCUT2D eigenvalue weighted by Gasteiger charge is 2.41. The molecule has 0 aromatic heterocycles. The quantitative estimate of drug-likeness (QED) is 0.456. The first-order valence-corrected chi connectivity index (χ1v) is 12.7. The zero-order valence-corrected chi connectivity index (χ0v) is 21.2. The summed E-state index contributed by atoms with van der Waals surface area (Å²) in [5.74, 6) is -0.443. The van der Waals surface area contributed by atoms with E-state index in [-0.39, 0.29) is 25.0 Å². The van der Waals surface area contributed by atoms with Crippen LogP contribution in [0.4, 0.5) is 0 Å². The summed E-state index contributed by atoms with van der Waals surface area (Å²) >= 11 is 0. The lowest BCUT2D eigenvalue weighted by atomic mass is 9.91. The third-order valence-corrected chi connectivity index (χ3v) is 6.99. The number of amides is 1. The highest BCUT2D eigenvalue weighted by molar-refractivity contribution is 5.88. The molecule has 0 saturated carbocycles. The van der Waals surface area contributed by atoms with Gasteiger partial charge < -0.3 is 29.0 Å². The zero-order chi connectivity index (χ0) is 26.5. The van der Waals surface area contributed by atoms with E-state index in [1.807, 2.05) is 66.7 Å². The maximum atomic E-state index is 14.0. The van der Waals surface area contributed by atoms with E-state index < -0.39 is 18.1 Å². The Morgan fingerprint density at radius 3 is 2.45 bits per heavy atom. The number of hydrogen-bond donors (Lipinski definition) is 1. The van der Waals surface area contributed by atoms with Crippen molar-refractivity contribution in [3.05, 3.63) is 95.1 Å². The summed E-state index contributed by atoms with van der Waals surface area (Å²) in [6.45, 7) is 1.40. The van der Waals surface area contributed by atoms with Crippen LogP contribution in [0.1, 0.15) is 34.8 Å². The lowest BCUT2D eigenvalue weighted by Gasteiger charge is -2.37. The molecule has 3 unspecified atom stereocenters. The summed E-state index contributed by atoms with van der Waals surface area (Å²) in [7, 11) is 1.55. The zero-order valence-electron chi connectivity index (χ0n) is 21.2. The topological polar surface area (TPSA) is 94.5 Å². The maximum absolute atomic E-state index is 14.0. The monoisotopic (exact) mass is 517 g/mol. The van der Waals surface area contributed by atoms with Crippen LogP contribution < -0.4 is 9.47 Å². The van der Waals surface area contributed by atoms with E-state index in [0.717, 1.165) is 16.7 Å². The predicted molar refractivity (Wildman–Crippen MR) is 139 cm³/mol. The Balaban J connectivity index is 1.46. The third-order valence-electron chi connectivity index (χ3n) is 6.99. The van der Waals surface area contributed by atoms with Crippen molar-refractivity contribution in [2.24, 2.45) is 0 Å². The molecule has 1 N–H and O–H groups in total. The Kier molecular flexibility index (Phi) is 7.91. The predicted octanol–water partition coefficient (Wildman–Crippen LogP) is 4.16. The number of methoxy groups -OCH3 is 1. The number of carbonyl (C=O) groups is 2. The van der Waals surface area contributed by atoms with Crippen LogP contribution in [0, 0.1) is 0 Å². The van der Waals surface area contributed by atoms with Gasteiger partial charge in [-0.25, -0.2) is 4.79 Å². The molecule has 3 atom stereocenters. The Hall–Kier alpha value is -3.88. The van der Waals surface area contributed by atoms with Crippen LogP contribution in [0.5, 0.6) is 11.5 Å². The molecule has 3 aromatic carbocycles. The number of carbonyl (C=O) groups excluding carboxylic acids is 1. The largest absolute Gasteiger partial charge is 0.493 e. The molecule has 0 radical (unpaired) electrons. The number of carboxylic acids is 1. The van der Waals surface area contributed by atoms with Crippen molar-refractivity contribution < 1.29 is 33.6 Å². The summed E-state index contributed by atoms with van der Waals surface area (Å²) in [6.07, 6.45) is -0.389. The molecule has 2 aliphatic rings. The van der Waals surface area contributed by atoms with Gasteiger partial charge in [-0.3, -0.25) is 4.79 Å². The van der Waals surface area contributed by atoms with Gasteiger partial charge >= 0.3 is 5.97 Å². The normalized spacial score (nSPS) is 19.4. The highest BCUT2D eigenvalue weighted by atomic mass is 16.6. The molecule has 198 valence electrons. The van der Waals surface area contributed by atoms with Gasteiger partial charge in [0, 0.05) is 25.1 Å². The molecule has 2 heterocycles. The fourth-order valence-corrected chi connectivity index (χ4v) is 4.99. The van der Waals surface area contributed by atoms with E-state index in [1.54, 1.807) is 13.2 Å². The molecule has 5 rings (SSSR count). The van der Waals surface area contributed by atoms with Crippen LogP contribution >= 0.6 is 0 Å². The molecule has 3 aromatic rings. The van der Waals surface area contributed by atoms with Gasteiger partial charge in [-0.05, 0) is 29.2 Å². The van der Waals surface area contributed by atoms with Gasteiger partial charge in [0.2, 0.25) is 0 Å². The molecule has 0 aliphatic carbocycles. The number of carboxylic acid groups (broad SMARTS) is 1. The van der Waals surface area contributed by atoms with Crippen molar-refractivity contribution in [2.45, 2.75) is 44.2 Å². The highest BCUT2D eigenvalue weighted by Crippen LogP contribution is 2.40. The minimum atomic E-state index is -1.09. The van der Waals surface area contributed by atoms with Crippen LogP contribution in [-0.2, 0) is 38.6 Å². The van der Waals surface area contributed by atoms with Crippen LogP contribution in [0.25, 0.3) is 0 Å². The molecule has 0 spiro atoms. The van der Waals surface area contributed by atoms with Gasteiger partial charge in [0.15, 0.2) is 17.6 Å². The van der Waals surface area contributed by atoms with E-state index in [4.69, 9.17) is 18.9 Å². The molecule has 2 aliphatic heterocycles. The second-order valence-corrected chi connectivity index (χ2v) is 9.45.